The molecule has 1 unspecified atom stereocenters. The first-order chi connectivity index (χ1) is 12.0. The number of aromatic amines is 1. The van der Waals surface area contributed by atoms with Crippen molar-refractivity contribution >= 4 is 5.91 Å². The van der Waals surface area contributed by atoms with Crippen LogP contribution in [0.5, 0.6) is 0 Å². The van der Waals surface area contributed by atoms with E-state index in [0.29, 0.717) is 19.7 Å². The fraction of sp³-hybridized carbons (Fsp3) is 0.368. The summed E-state index contributed by atoms with van der Waals surface area (Å²) in [4.78, 5) is 29.3. The Balaban J connectivity index is 1.78. The van der Waals surface area contributed by atoms with Crippen molar-refractivity contribution in [3.8, 4) is 0 Å². The Kier molecular flexibility index (Phi) is 4.99. The molecule has 5 nitrogen and oxygen atoms in total. The SMILES string of the molecule is CC(C)c1ccc(C(=O)N2CCOC(c3ccc(F)cc3)C2)c(=O)[nH]1. The van der Waals surface area contributed by atoms with Gasteiger partial charge >= 0.3 is 0 Å². The fourth-order valence-electron chi connectivity index (χ4n) is 2.88. The maximum Gasteiger partial charge on any atom is 0.261 e. The molecule has 1 aromatic carbocycles. The van der Waals surface area contributed by atoms with Gasteiger partial charge in [0.25, 0.3) is 11.5 Å². The summed E-state index contributed by atoms with van der Waals surface area (Å²) in [5.74, 6) is -0.445. The molecular weight excluding hydrogens is 323 g/mol. The first-order valence-corrected chi connectivity index (χ1v) is 8.35. The monoisotopic (exact) mass is 344 g/mol. The summed E-state index contributed by atoms with van der Waals surface area (Å²) in [5, 5.41) is 0. The average Bonchev–Trinajstić information content (AvgIpc) is 2.61. The minimum absolute atomic E-state index is 0.129. The molecule has 1 fully saturated rings. The number of rotatable bonds is 3. The first-order valence-electron chi connectivity index (χ1n) is 8.35. The van der Waals surface area contributed by atoms with Crippen LogP contribution < -0.4 is 5.56 Å². The lowest BCUT2D eigenvalue weighted by molar-refractivity contribution is -0.0229. The minimum Gasteiger partial charge on any atom is -0.370 e. The number of H-pyrrole nitrogens is 1. The number of morpholine rings is 1. The second-order valence-electron chi connectivity index (χ2n) is 6.47. The largest absolute Gasteiger partial charge is 0.370 e. The molecule has 6 heteroatoms. The summed E-state index contributed by atoms with van der Waals surface area (Å²) >= 11 is 0. The van der Waals surface area contributed by atoms with Crippen molar-refractivity contribution in [2.24, 2.45) is 0 Å². The predicted octanol–water partition coefficient (Wildman–Crippen LogP) is 2.85. The third-order valence-corrected chi connectivity index (χ3v) is 4.38. The lowest BCUT2D eigenvalue weighted by atomic mass is 10.1. The van der Waals surface area contributed by atoms with Crippen LogP contribution in [0.4, 0.5) is 4.39 Å². The van der Waals surface area contributed by atoms with Crippen molar-refractivity contribution in [1.29, 1.82) is 0 Å². The number of carbonyl (C=O) groups is 1. The van der Waals surface area contributed by atoms with Crippen molar-refractivity contribution < 1.29 is 13.9 Å². The highest BCUT2D eigenvalue weighted by Gasteiger charge is 2.27. The molecule has 0 radical (unpaired) electrons. The Labute approximate surface area is 145 Å². The summed E-state index contributed by atoms with van der Waals surface area (Å²) < 4.78 is 18.8. The number of nitrogens with one attached hydrogen (secondary N) is 1. The number of aromatic nitrogens is 1. The van der Waals surface area contributed by atoms with Crippen LogP contribution in [0.25, 0.3) is 0 Å². The molecule has 0 aliphatic carbocycles. The number of nitrogens with zero attached hydrogens (tertiary/aromatic N) is 1. The van der Waals surface area contributed by atoms with Crippen LogP contribution in [-0.4, -0.2) is 35.5 Å². The summed E-state index contributed by atoms with van der Waals surface area (Å²) in [6.45, 7) is 5.07. The number of ether oxygens (including phenoxy) is 1. The molecule has 1 N–H and O–H groups in total. The quantitative estimate of drug-likeness (QED) is 0.931. The van der Waals surface area contributed by atoms with Crippen LogP contribution in [0.3, 0.4) is 0 Å². The predicted molar refractivity (Wildman–Crippen MR) is 92.1 cm³/mol. The number of halogens is 1. The van der Waals surface area contributed by atoms with Crippen LogP contribution in [0.15, 0.2) is 41.2 Å². The van der Waals surface area contributed by atoms with Gasteiger partial charge in [-0.2, -0.15) is 0 Å². The maximum atomic E-state index is 13.1. The third-order valence-electron chi connectivity index (χ3n) is 4.38. The Morgan fingerprint density at radius 3 is 2.60 bits per heavy atom. The Bertz CT molecular complexity index is 814. The van der Waals surface area contributed by atoms with E-state index >= 15 is 0 Å². The molecule has 2 heterocycles. The molecule has 1 saturated heterocycles. The fourth-order valence-corrected chi connectivity index (χ4v) is 2.88. The molecule has 0 saturated carbocycles. The van der Waals surface area contributed by atoms with Gasteiger partial charge in [-0.3, -0.25) is 9.59 Å². The van der Waals surface area contributed by atoms with Crippen LogP contribution in [0.2, 0.25) is 0 Å². The van der Waals surface area contributed by atoms with Gasteiger partial charge in [0.05, 0.1) is 13.2 Å². The van der Waals surface area contributed by atoms with Crippen molar-refractivity contribution in [3.05, 3.63) is 69.4 Å². The highest BCUT2D eigenvalue weighted by atomic mass is 19.1. The Morgan fingerprint density at radius 1 is 1.24 bits per heavy atom. The van der Waals surface area contributed by atoms with Crippen LogP contribution >= 0.6 is 0 Å². The van der Waals surface area contributed by atoms with E-state index in [0.717, 1.165) is 11.3 Å². The van der Waals surface area contributed by atoms with E-state index in [1.807, 2.05) is 13.8 Å². The van der Waals surface area contributed by atoms with E-state index in [9.17, 15) is 14.0 Å². The second-order valence-corrected chi connectivity index (χ2v) is 6.47. The van der Waals surface area contributed by atoms with Crippen LogP contribution in [-0.2, 0) is 4.74 Å². The number of pyridine rings is 1. The van der Waals surface area contributed by atoms with Crippen molar-refractivity contribution in [2.75, 3.05) is 19.7 Å². The Hall–Kier alpha value is -2.47. The van der Waals surface area contributed by atoms with Gasteiger partial charge in [0.1, 0.15) is 17.5 Å². The molecule has 0 bridgehead atoms. The van der Waals surface area contributed by atoms with Crippen molar-refractivity contribution in [3.63, 3.8) is 0 Å². The molecule has 1 aromatic heterocycles. The molecule has 25 heavy (non-hydrogen) atoms. The molecular formula is C19H21FN2O3. The van der Waals surface area contributed by atoms with Crippen LogP contribution in [0.1, 0.15) is 47.5 Å². The molecule has 1 atom stereocenters. The highest BCUT2D eigenvalue weighted by molar-refractivity contribution is 5.94. The van der Waals surface area contributed by atoms with Crippen molar-refractivity contribution in [2.45, 2.75) is 25.9 Å². The van der Waals surface area contributed by atoms with E-state index in [1.165, 1.54) is 12.1 Å². The molecule has 1 aliphatic rings. The lowest BCUT2D eigenvalue weighted by Gasteiger charge is -2.33. The smallest absolute Gasteiger partial charge is 0.261 e. The van der Waals surface area contributed by atoms with E-state index in [4.69, 9.17) is 4.74 Å². The first kappa shape index (κ1) is 17.4. The highest BCUT2D eigenvalue weighted by Crippen LogP contribution is 2.23. The Morgan fingerprint density at radius 2 is 1.96 bits per heavy atom. The van der Waals surface area contributed by atoms with E-state index in [1.54, 1.807) is 29.2 Å². The summed E-state index contributed by atoms with van der Waals surface area (Å²) in [6, 6.07) is 9.40. The molecule has 0 spiro atoms. The molecule has 1 aliphatic heterocycles. The zero-order chi connectivity index (χ0) is 18.0. The number of carbonyl (C=O) groups excluding carboxylic acids is 1. The molecule has 132 valence electrons. The van der Waals surface area contributed by atoms with Gasteiger partial charge in [-0.15, -0.1) is 0 Å². The third kappa shape index (κ3) is 3.79. The lowest BCUT2D eigenvalue weighted by Crippen LogP contribution is -2.43. The molecule has 3 rings (SSSR count). The van der Waals surface area contributed by atoms with Crippen LogP contribution in [0, 0.1) is 5.82 Å². The van der Waals surface area contributed by atoms with E-state index in [2.05, 4.69) is 4.98 Å². The zero-order valence-corrected chi connectivity index (χ0v) is 14.3. The standard InChI is InChI=1S/C19H21FN2O3/c1-12(2)16-8-7-15(18(23)21-16)19(24)22-9-10-25-17(11-22)13-3-5-14(20)6-4-13/h3-8,12,17H,9-11H2,1-2H3,(H,21,23). The molecule has 1 amide bonds. The van der Waals surface area contributed by atoms with Gasteiger partial charge in [-0.05, 0) is 35.7 Å². The van der Waals surface area contributed by atoms with Gasteiger partial charge in [-0.25, -0.2) is 4.39 Å². The molecule has 2 aromatic rings. The van der Waals surface area contributed by atoms with Gasteiger partial charge in [0, 0.05) is 12.2 Å². The van der Waals surface area contributed by atoms with Gasteiger partial charge in [-0.1, -0.05) is 26.0 Å². The summed E-state index contributed by atoms with van der Waals surface area (Å²) in [6.07, 6.45) is -0.327. The maximum absolute atomic E-state index is 13.1. The van der Waals surface area contributed by atoms with Gasteiger partial charge < -0.3 is 14.6 Å². The van der Waals surface area contributed by atoms with Gasteiger partial charge in [0.2, 0.25) is 0 Å². The van der Waals surface area contributed by atoms with E-state index < -0.39 is 0 Å². The topological polar surface area (TPSA) is 62.4 Å². The number of hydrogen-bond acceptors (Lipinski definition) is 3. The number of amides is 1. The summed E-state index contributed by atoms with van der Waals surface area (Å²) in [7, 11) is 0. The summed E-state index contributed by atoms with van der Waals surface area (Å²) in [5.41, 5.74) is 1.36. The van der Waals surface area contributed by atoms with Gasteiger partial charge in [0.15, 0.2) is 0 Å². The number of hydrogen-bond donors (Lipinski definition) is 1. The number of benzene rings is 1. The van der Waals surface area contributed by atoms with E-state index in [-0.39, 0.29) is 34.9 Å². The normalized spacial score (nSPS) is 17.8. The average molecular weight is 344 g/mol. The van der Waals surface area contributed by atoms with Crippen molar-refractivity contribution in [1.82, 2.24) is 9.88 Å². The zero-order valence-electron chi connectivity index (χ0n) is 14.3. The minimum atomic E-state index is -0.374. The second kappa shape index (κ2) is 7.19.